The van der Waals surface area contributed by atoms with Gasteiger partial charge in [0.1, 0.15) is 0 Å². The van der Waals surface area contributed by atoms with Crippen LogP contribution in [0.2, 0.25) is 0 Å². The highest BCUT2D eigenvalue weighted by atomic mass is 127. The van der Waals surface area contributed by atoms with E-state index in [1.807, 2.05) is 0 Å². The highest BCUT2D eigenvalue weighted by Crippen LogP contribution is 2.62. The predicted molar refractivity (Wildman–Crippen MR) is 128 cm³/mol. The zero-order valence-electron chi connectivity index (χ0n) is 14.3. The Balaban J connectivity index is 1.88. The molecule has 0 heterocycles. The summed E-state index contributed by atoms with van der Waals surface area (Å²) in [5.41, 5.74) is 10.9. The normalized spacial score (nSPS) is 14.6. The second-order valence-electron chi connectivity index (χ2n) is 7.22. The Kier molecular flexibility index (Phi) is 3.43. The van der Waals surface area contributed by atoms with Gasteiger partial charge in [-0.1, -0.05) is 60.7 Å². The summed E-state index contributed by atoms with van der Waals surface area (Å²) in [6, 6.07) is 31.8. The van der Waals surface area contributed by atoms with Crippen LogP contribution in [-0.2, 0) is 5.41 Å². The quantitative estimate of drug-likeness (QED) is 0.170. The maximum Gasteiger partial charge on any atom is 0.0726 e. The van der Waals surface area contributed by atoms with E-state index in [2.05, 4.69) is 130 Å². The van der Waals surface area contributed by atoms with Crippen LogP contribution < -0.4 is 0 Å². The average Bonchev–Trinajstić information content (AvgIpc) is 3.14. The number of halogens is 2. The maximum atomic E-state index is 2.45. The molecule has 0 nitrogen and oxygen atoms in total. The summed E-state index contributed by atoms with van der Waals surface area (Å²) < 4.78 is 2.57. The molecule has 0 aliphatic heterocycles. The molecule has 27 heavy (non-hydrogen) atoms. The van der Waals surface area contributed by atoms with E-state index in [0.29, 0.717) is 0 Å². The topological polar surface area (TPSA) is 0 Å². The average molecular weight is 568 g/mol. The highest BCUT2D eigenvalue weighted by molar-refractivity contribution is 14.1. The van der Waals surface area contributed by atoms with Crippen molar-refractivity contribution in [2.75, 3.05) is 0 Å². The molecule has 6 rings (SSSR count). The Labute approximate surface area is 185 Å². The summed E-state index contributed by atoms with van der Waals surface area (Å²) in [6.45, 7) is 0. The van der Waals surface area contributed by atoms with E-state index in [4.69, 9.17) is 0 Å². The lowest BCUT2D eigenvalue weighted by Gasteiger charge is -2.30. The summed E-state index contributed by atoms with van der Waals surface area (Å²) >= 11 is 4.89. The van der Waals surface area contributed by atoms with Crippen LogP contribution in [0.3, 0.4) is 0 Å². The van der Waals surface area contributed by atoms with Crippen LogP contribution in [0.15, 0.2) is 84.9 Å². The number of fused-ring (bicyclic) bond motifs is 10. The van der Waals surface area contributed by atoms with Crippen LogP contribution in [0.25, 0.3) is 22.3 Å². The van der Waals surface area contributed by atoms with E-state index in [-0.39, 0.29) is 5.41 Å². The fraction of sp³-hybridized carbons (Fsp3) is 0.0400. The van der Waals surface area contributed by atoms with Crippen molar-refractivity contribution in [2.45, 2.75) is 5.41 Å². The largest absolute Gasteiger partial charge is 0.0726 e. The van der Waals surface area contributed by atoms with Crippen molar-refractivity contribution < 1.29 is 0 Å². The minimum Gasteiger partial charge on any atom is -0.0619 e. The first kappa shape index (κ1) is 16.3. The van der Waals surface area contributed by atoms with Gasteiger partial charge in [-0.2, -0.15) is 0 Å². The minimum atomic E-state index is -0.208. The fourth-order valence-corrected chi connectivity index (χ4v) is 6.07. The van der Waals surface area contributed by atoms with Gasteiger partial charge in [0.25, 0.3) is 0 Å². The van der Waals surface area contributed by atoms with E-state index in [0.717, 1.165) is 0 Å². The standard InChI is InChI=1S/C25H14I2/c26-15-9-11-19-17-5-1-3-7-21(17)25(23(19)13-15)22-8-4-2-6-18(22)20-12-10-16(27)14-24(20)25/h1-14H. The maximum absolute atomic E-state index is 2.45. The van der Waals surface area contributed by atoms with Crippen molar-refractivity contribution in [1.82, 2.24) is 0 Å². The molecule has 0 radical (unpaired) electrons. The second-order valence-corrected chi connectivity index (χ2v) is 9.71. The van der Waals surface area contributed by atoms with E-state index in [1.54, 1.807) is 0 Å². The third kappa shape index (κ3) is 1.98. The lowest BCUT2D eigenvalue weighted by Crippen LogP contribution is -2.26. The van der Waals surface area contributed by atoms with Gasteiger partial charge in [0.05, 0.1) is 5.41 Å². The van der Waals surface area contributed by atoms with Crippen molar-refractivity contribution in [2.24, 2.45) is 0 Å². The number of rotatable bonds is 0. The SMILES string of the molecule is Ic1ccc2c(c1)C1(c3ccccc3-2)c2ccccc2-c2ccc(I)cc21. The predicted octanol–water partition coefficient (Wildman–Crippen LogP) is 7.24. The lowest BCUT2D eigenvalue weighted by molar-refractivity contribution is 0.792. The molecule has 0 N–H and O–H groups in total. The van der Waals surface area contributed by atoms with Crippen molar-refractivity contribution in [3.8, 4) is 22.3 Å². The van der Waals surface area contributed by atoms with Crippen LogP contribution in [0.4, 0.5) is 0 Å². The summed E-state index contributed by atoms with van der Waals surface area (Å²) in [5, 5.41) is 0. The zero-order valence-corrected chi connectivity index (χ0v) is 18.7. The molecule has 2 heteroatoms. The van der Waals surface area contributed by atoms with Gasteiger partial charge in [-0.3, -0.25) is 0 Å². The monoisotopic (exact) mass is 568 g/mol. The third-order valence-electron chi connectivity index (χ3n) is 6.01. The van der Waals surface area contributed by atoms with Crippen molar-refractivity contribution in [1.29, 1.82) is 0 Å². The third-order valence-corrected chi connectivity index (χ3v) is 7.36. The smallest absolute Gasteiger partial charge is 0.0619 e. The van der Waals surface area contributed by atoms with Gasteiger partial charge in [-0.25, -0.2) is 0 Å². The van der Waals surface area contributed by atoms with Gasteiger partial charge in [0, 0.05) is 7.14 Å². The molecule has 0 bridgehead atoms. The molecule has 4 aromatic carbocycles. The molecule has 0 unspecified atom stereocenters. The van der Waals surface area contributed by atoms with Crippen LogP contribution in [0.1, 0.15) is 22.3 Å². The first-order valence-corrected chi connectivity index (χ1v) is 11.2. The van der Waals surface area contributed by atoms with Crippen LogP contribution >= 0.6 is 45.2 Å². The van der Waals surface area contributed by atoms with E-state index >= 15 is 0 Å². The molecule has 0 aromatic heterocycles. The van der Waals surface area contributed by atoms with Gasteiger partial charge in [0.15, 0.2) is 0 Å². The number of benzene rings is 4. The molecule has 2 aliphatic rings. The number of hydrogen-bond acceptors (Lipinski definition) is 0. The molecule has 0 saturated heterocycles. The van der Waals surface area contributed by atoms with Crippen LogP contribution in [0, 0.1) is 7.14 Å². The van der Waals surface area contributed by atoms with E-state index in [1.165, 1.54) is 51.6 Å². The minimum absolute atomic E-state index is 0.208. The Bertz CT molecular complexity index is 1150. The van der Waals surface area contributed by atoms with Gasteiger partial charge < -0.3 is 0 Å². The van der Waals surface area contributed by atoms with Gasteiger partial charge in [-0.15, -0.1) is 0 Å². The van der Waals surface area contributed by atoms with Crippen molar-refractivity contribution in [3.63, 3.8) is 0 Å². The summed E-state index contributed by atoms with van der Waals surface area (Å²) in [7, 11) is 0. The van der Waals surface area contributed by atoms with Crippen LogP contribution in [-0.4, -0.2) is 0 Å². The lowest BCUT2D eigenvalue weighted by atomic mass is 9.70. The number of hydrogen-bond donors (Lipinski definition) is 0. The Hall–Kier alpha value is -1.66. The first-order valence-electron chi connectivity index (χ1n) is 9.01. The van der Waals surface area contributed by atoms with E-state index in [9.17, 15) is 0 Å². The molecule has 0 fully saturated rings. The molecule has 2 aliphatic carbocycles. The molecule has 0 saturated carbocycles. The molecule has 128 valence electrons. The Morgan fingerprint density at radius 2 is 0.852 bits per heavy atom. The molecule has 4 aromatic rings. The van der Waals surface area contributed by atoms with Gasteiger partial charge in [-0.05, 0) is 114 Å². The molecular formula is C25H14I2. The van der Waals surface area contributed by atoms with Gasteiger partial charge >= 0.3 is 0 Å². The molecule has 1 spiro atoms. The molecular weight excluding hydrogens is 554 g/mol. The van der Waals surface area contributed by atoms with Crippen LogP contribution in [0.5, 0.6) is 0 Å². The Morgan fingerprint density at radius 3 is 1.33 bits per heavy atom. The van der Waals surface area contributed by atoms with E-state index < -0.39 is 0 Å². The van der Waals surface area contributed by atoms with Crippen molar-refractivity contribution in [3.05, 3.63) is 114 Å². The van der Waals surface area contributed by atoms with Crippen molar-refractivity contribution >= 4 is 45.2 Å². The second kappa shape index (κ2) is 5.67. The summed E-state index contributed by atoms with van der Waals surface area (Å²) in [4.78, 5) is 0. The first-order chi connectivity index (χ1) is 13.2. The molecule has 0 atom stereocenters. The summed E-state index contributed by atoms with van der Waals surface area (Å²) in [5.74, 6) is 0. The zero-order chi connectivity index (χ0) is 18.2. The van der Waals surface area contributed by atoms with Gasteiger partial charge in [0.2, 0.25) is 0 Å². The summed E-state index contributed by atoms with van der Waals surface area (Å²) in [6.07, 6.45) is 0. The fourth-order valence-electron chi connectivity index (χ4n) is 5.08. The highest BCUT2D eigenvalue weighted by Gasteiger charge is 2.51. The molecule has 0 amide bonds. The Morgan fingerprint density at radius 1 is 0.444 bits per heavy atom.